The van der Waals surface area contributed by atoms with E-state index in [1.807, 2.05) is 51.1 Å². The fourth-order valence-electron chi connectivity index (χ4n) is 2.99. The molecule has 5 nitrogen and oxygen atoms in total. The smallest absolute Gasteiger partial charge is 0.251 e. The summed E-state index contributed by atoms with van der Waals surface area (Å²) in [6.07, 6.45) is 0.865. The van der Waals surface area contributed by atoms with E-state index in [0.717, 1.165) is 41.1 Å². The van der Waals surface area contributed by atoms with Crippen molar-refractivity contribution in [2.75, 3.05) is 20.3 Å². The summed E-state index contributed by atoms with van der Waals surface area (Å²) in [6.45, 7) is 12.1. The summed E-state index contributed by atoms with van der Waals surface area (Å²) in [7, 11) is -1.91. The topological polar surface area (TPSA) is 67.4 Å². The highest BCUT2D eigenvalue weighted by molar-refractivity contribution is 7.91. The first kappa shape index (κ1) is 24.0. The number of sulfonamides is 1. The van der Waals surface area contributed by atoms with Crippen LogP contribution >= 0.6 is 11.3 Å². The number of rotatable bonds is 10. The van der Waals surface area contributed by atoms with E-state index in [9.17, 15) is 8.42 Å². The van der Waals surface area contributed by atoms with E-state index < -0.39 is 15.6 Å². The monoisotopic (exact) mass is 438 g/mol. The van der Waals surface area contributed by atoms with Crippen LogP contribution in [0, 0.1) is 5.92 Å². The van der Waals surface area contributed by atoms with Gasteiger partial charge in [-0.15, -0.1) is 11.3 Å². The van der Waals surface area contributed by atoms with Gasteiger partial charge in [0.25, 0.3) is 10.0 Å². The fraction of sp³-hybridized carbons (Fsp3) is 0.545. The van der Waals surface area contributed by atoms with Crippen LogP contribution in [0.1, 0.15) is 45.1 Å². The van der Waals surface area contributed by atoms with Gasteiger partial charge in [0.1, 0.15) is 4.21 Å². The van der Waals surface area contributed by atoms with Crippen molar-refractivity contribution in [3.63, 3.8) is 0 Å². The predicted molar refractivity (Wildman–Crippen MR) is 122 cm³/mol. The Hall–Kier alpha value is -1.25. The summed E-state index contributed by atoms with van der Waals surface area (Å²) in [6, 6.07) is 10.1. The Morgan fingerprint density at radius 1 is 1.14 bits per heavy atom. The first-order chi connectivity index (χ1) is 13.5. The molecule has 7 heteroatoms. The molecular weight excluding hydrogens is 404 g/mol. The minimum atomic E-state index is -3.60. The van der Waals surface area contributed by atoms with E-state index in [2.05, 4.69) is 23.9 Å². The Bertz CT molecular complexity index is 880. The number of benzene rings is 1. The van der Waals surface area contributed by atoms with E-state index in [1.54, 1.807) is 7.11 Å². The van der Waals surface area contributed by atoms with Crippen LogP contribution in [0.15, 0.2) is 34.5 Å². The van der Waals surface area contributed by atoms with Gasteiger partial charge >= 0.3 is 0 Å². The lowest BCUT2D eigenvalue weighted by Crippen LogP contribution is -2.40. The standard InChI is InChI=1S/C22H34N2O3S2/c1-16(2)13-19-14-20(21(28-19)29(25,26)24-22(3,4)5)18-9-7-17(8-10-18)15-23-11-12-27-6/h7-10,14,16,23-24H,11-13,15H2,1-6H3. The average Bonchev–Trinajstić information content (AvgIpc) is 3.01. The zero-order valence-electron chi connectivity index (χ0n) is 18.3. The van der Waals surface area contributed by atoms with Crippen LogP contribution in [0.4, 0.5) is 0 Å². The minimum Gasteiger partial charge on any atom is -0.383 e. The molecule has 0 bridgehead atoms. The molecule has 0 saturated carbocycles. The molecule has 1 aromatic heterocycles. The van der Waals surface area contributed by atoms with Gasteiger partial charge in [-0.25, -0.2) is 13.1 Å². The van der Waals surface area contributed by atoms with Crippen molar-refractivity contribution in [2.24, 2.45) is 5.92 Å². The highest BCUT2D eigenvalue weighted by Crippen LogP contribution is 2.36. The summed E-state index contributed by atoms with van der Waals surface area (Å²) in [5.74, 6) is 0.466. The lowest BCUT2D eigenvalue weighted by atomic mass is 10.0. The van der Waals surface area contributed by atoms with Gasteiger partial charge in [-0.2, -0.15) is 0 Å². The highest BCUT2D eigenvalue weighted by atomic mass is 32.2. The molecule has 0 aliphatic rings. The summed E-state index contributed by atoms with van der Waals surface area (Å²) >= 11 is 1.38. The summed E-state index contributed by atoms with van der Waals surface area (Å²) < 4.78 is 34.4. The molecule has 0 spiro atoms. The zero-order valence-corrected chi connectivity index (χ0v) is 20.0. The van der Waals surface area contributed by atoms with Gasteiger partial charge in [-0.05, 0) is 50.3 Å². The Morgan fingerprint density at radius 3 is 2.34 bits per heavy atom. The Kier molecular flexibility index (Phi) is 8.43. The SMILES string of the molecule is COCCNCc1ccc(-c2cc(CC(C)C)sc2S(=O)(=O)NC(C)(C)C)cc1. The van der Waals surface area contributed by atoms with Crippen molar-refractivity contribution in [1.82, 2.24) is 10.0 Å². The van der Waals surface area contributed by atoms with Gasteiger partial charge < -0.3 is 10.1 Å². The van der Waals surface area contributed by atoms with Crippen molar-refractivity contribution in [2.45, 2.75) is 57.3 Å². The number of methoxy groups -OCH3 is 1. The van der Waals surface area contributed by atoms with Crippen LogP contribution in [0.2, 0.25) is 0 Å². The minimum absolute atomic E-state index is 0.397. The molecular formula is C22H34N2O3S2. The lowest BCUT2D eigenvalue weighted by molar-refractivity contribution is 0.199. The van der Waals surface area contributed by atoms with Crippen LogP contribution < -0.4 is 10.0 Å². The van der Waals surface area contributed by atoms with Gasteiger partial charge in [0.15, 0.2) is 0 Å². The highest BCUT2D eigenvalue weighted by Gasteiger charge is 2.27. The van der Waals surface area contributed by atoms with Crippen molar-refractivity contribution < 1.29 is 13.2 Å². The van der Waals surface area contributed by atoms with E-state index in [0.29, 0.717) is 16.7 Å². The molecule has 1 heterocycles. The van der Waals surface area contributed by atoms with Crippen molar-refractivity contribution in [3.05, 3.63) is 40.8 Å². The van der Waals surface area contributed by atoms with E-state index >= 15 is 0 Å². The number of thiophene rings is 1. The predicted octanol–water partition coefficient (Wildman–Crippen LogP) is 4.43. The third-order valence-corrected chi connectivity index (χ3v) is 7.57. The van der Waals surface area contributed by atoms with Crippen LogP contribution in [0.25, 0.3) is 11.1 Å². The van der Waals surface area contributed by atoms with Gasteiger partial charge in [0.2, 0.25) is 0 Å². The van der Waals surface area contributed by atoms with E-state index in [1.165, 1.54) is 11.3 Å². The summed E-state index contributed by atoms with van der Waals surface area (Å²) in [5.41, 5.74) is 2.32. The number of nitrogens with one attached hydrogen (secondary N) is 2. The second kappa shape index (κ2) is 10.2. The molecule has 0 fully saturated rings. The first-order valence-electron chi connectivity index (χ1n) is 9.97. The number of ether oxygens (including phenoxy) is 1. The maximum atomic E-state index is 13.1. The number of hydrogen-bond donors (Lipinski definition) is 2. The molecule has 2 rings (SSSR count). The third kappa shape index (κ3) is 7.50. The van der Waals surface area contributed by atoms with Gasteiger partial charge in [0, 0.05) is 36.2 Å². The summed E-state index contributed by atoms with van der Waals surface area (Å²) in [4.78, 5) is 1.09. The zero-order chi connectivity index (χ0) is 21.7. The fourth-order valence-corrected chi connectivity index (χ4v) is 6.35. The van der Waals surface area contributed by atoms with E-state index in [-0.39, 0.29) is 0 Å². The van der Waals surface area contributed by atoms with Crippen molar-refractivity contribution in [1.29, 1.82) is 0 Å². The molecule has 0 aliphatic carbocycles. The lowest BCUT2D eigenvalue weighted by Gasteiger charge is -2.20. The van der Waals surface area contributed by atoms with Crippen molar-refractivity contribution in [3.8, 4) is 11.1 Å². The molecule has 0 saturated heterocycles. The summed E-state index contributed by atoms with van der Waals surface area (Å²) in [5, 5.41) is 3.32. The average molecular weight is 439 g/mol. The Balaban J connectivity index is 2.34. The molecule has 2 N–H and O–H groups in total. The number of hydrogen-bond acceptors (Lipinski definition) is 5. The van der Waals surface area contributed by atoms with Crippen LogP contribution in [-0.4, -0.2) is 34.2 Å². The third-order valence-electron chi connectivity index (χ3n) is 4.12. The molecule has 0 radical (unpaired) electrons. The quantitative estimate of drug-likeness (QED) is 0.539. The van der Waals surface area contributed by atoms with Crippen LogP contribution in [-0.2, 0) is 27.7 Å². The molecule has 0 aliphatic heterocycles. The molecule has 162 valence electrons. The Morgan fingerprint density at radius 2 is 1.79 bits per heavy atom. The van der Waals surface area contributed by atoms with E-state index in [4.69, 9.17) is 4.74 Å². The maximum absolute atomic E-state index is 13.1. The molecule has 0 unspecified atom stereocenters. The molecule has 1 aromatic carbocycles. The second-order valence-electron chi connectivity index (χ2n) is 8.73. The van der Waals surface area contributed by atoms with Crippen molar-refractivity contribution >= 4 is 21.4 Å². The largest absolute Gasteiger partial charge is 0.383 e. The Labute approximate surface area is 179 Å². The maximum Gasteiger partial charge on any atom is 0.251 e. The first-order valence-corrected chi connectivity index (χ1v) is 12.3. The molecule has 29 heavy (non-hydrogen) atoms. The van der Waals surface area contributed by atoms with Gasteiger partial charge in [-0.1, -0.05) is 38.1 Å². The van der Waals surface area contributed by atoms with Gasteiger partial charge in [0.05, 0.1) is 6.61 Å². The molecule has 2 aromatic rings. The second-order valence-corrected chi connectivity index (χ2v) is 11.7. The molecule has 0 amide bonds. The molecule has 0 atom stereocenters. The van der Waals surface area contributed by atoms with Gasteiger partial charge in [-0.3, -0.25) is 0 Å². The van der Waals surface area contributed by atoms with Crippen LogP contribution in [0.5, 0.6) is 0 Å². The normalized spacial score (nSPS) is 12.7. The van der Waals surface area contributed by atoms with Crippen LogP contribution in [0.3, 0.4) is 0 Å².